The van der Waals surface area contributed by atoms with Gasteiger partial charge in [-0.1, -0.05) is 25.9 Å². The van der Waals surface area contributed by atoms with Crippen LogP contribution in [0.3, 0.4) is 0 Å². The van der Waals surface area contributed by atoms with E-state index >= 15 is 0 Å². The molecule has 2 atom stereocenters. The predicted molar refractivity (Wildman–Crippen MR) is 38.3 cm³/mol. The predicted octanol–water partition coefficient (Wildman–Crippen LogP) is 0.518. The normalized spacial score (nSPS) is 12.4. The third kappa shape index (κ3) is 18500. The van der Waals surface area contributed by atoms with Crippen molar-refractivity contribution in [2.45, 2.75) is 14.9 Å². The summed E-state index contributed by atoms with van der Waals surface area (Å²) in [6, 6.07) is 0. The molecule has 7 heteroatoms. The second-order valence-corrected chi connectivity index (χ2v) is 1.79. The standard InChI is InChI=1S/CH4O2S.2CH4.FHO2S/c1-4(2)3;;;1-4(2)3/h1H3,(H,2,3);2*1H4;(H,2,3)/p-2. The fourth-order valence-corrected chi connectivity index (χ4v) is 0. The molecule has 0 amide bonds. The molecule has 0 aromatic carbocycles. The number of rotatable bonds is 0. The van der Waals surface area contributed by atoms with E-state index in [4.69, 9.17) is 17.5 Å². The first-order chi connectivity index (χ1) is 3.46. The second kappa shape index (κ2) is 16.1. The average Bonchev–Trinajstić information content (AvgIpc) is 1.25. The molecule has 2 unspecified atom stereocenters. The van der Waals surface area contributed by atoms with Crippen LogP contribution in [0.1, 0.15) is 14.9 Å². The van der Waals surface area contributed by atoms with Crippen molar-refractivity contribution in [2.24, 2.45) is 0 Å². The Morgan fingerprint density at radius 3 is 1.20 bits per heavy atom. The lowest BCUT2D eigenvalue weighted by Gasteiger charge is -1.85. The first kappa shape index (κ1) is 22.5. The summed E-state index contributed by atoms with van der Waals surface area (Å²) in [7, 11) is 0. The Bertz CT molecular complexity index is 76.5. The van der Waals surface area contributed by atoms with Gasteiger partial charge in [0.25, 0.3) is 0 Å². The van der Waals surface area contributed by atoms with Gasteiger partial charge < -0.3 is 9.11 Å². The molecule has 4 nitrogen and oxygen atoms in total. The molecule has 0 rings (SSSR count). The fraction of sp³-hybridized carbons (Fsp3) is 1.00. The molecule has 0 N–H and O–H groups in total. The summed E-state index contributed by atoms with van der Waals surface area (Å²) in [6.07, 6.45) is 1.08. The molecule has 0 spiro atoms. The van der Waals surface area contributed by atoms with Crippen molar-refractivity contribution >= 4 is 22.5 Å². The first-order valence-electron chi connectivity index (χ1n) is 1.23. The molecular weight excluding hydrogens is 183 g/mol. The maximum atomic E-state index is 9.92. The van der Waals surface area contributed by atoms with E-state index in [0.717, 1.165) is 6.26 Å². The van der Waals surface area contributed by atoms with Crippen LogP contribution in [0, 0.1) is 0 Å². The Balaban J connectivity index is -0.0000000300. The van der Waals surface area contributed by atoms with Crippen LogP contribution in [0.4, 0.5) is 3.89 Å². The van der Waals surface area contributed by atoms with Crippen molar-refractivity contribution < 1.29 is 21.4 Å². The van der Waals surface area contributed by atoms with Crippen LogP contribution >= 0.6 is 0 Å². The van der Waals surface area contributed by atoms with Crippen LogP contribution in [-0.4, -0.2) is 23.8 Å². The molecule has 0 aliphatic heterocycles. The minimum atomic E-state index is -3.36. The van der Waals surface area contributed by atoms with Gasteiger partial charge in [0.15, 0.2) is 0 Å². The van der Waals surface area contributed by atoms with Crippen molar-refractivity contribution in [1.29, 1.82) is 0 Å². The zero-order chi connectivity index (χ0) is 7.15. The Morgan fingerprint density at radius 2 is 1.20 bits per heavy atom. The molecule has 0 bridgehead atoms. The van der Waals surface area contributed by atoms with Gasteiger partial charge >= 0.3 is 0 Å². The van der Waals surface area contributed by atoms with Gasteiger partial charge in [-0.05, 0) is 6.26 Å². The second-order valence-electron chi connectivity index (χ2n) is 0.595. The van der Waals surface area contributed by atoms with Gasteiger partial charge in [0.2, 0.25) is 0 Å². The molecule has 0 aromatic heterocycles. The first-order valence-corrected chi connectivity index (χ1v) is 3.69. The topological polar surface area (TPSA) is 80.3 Å². The lowest BCUT2D eigenvalue weighted by Crippen LogP contribution is -1.73. The summed E-state index contributed by atoms with van der Waals surface area (Å²) in [6.45, 7) is 0. The Kier molecular flexibility index (Phi) is 36.1. The summed E-state index contributed by atoms with van der Waals surface area (Å²) in [4.78, 5) is 0. The summed E-state index contributed by atoms with van der Waals surface area (Å²) in [5.41, 5.74) is 0. The smallest absolute Gasteiger partial charge is 0.132 e. The molecule has 0 fully saturated rings. The van der Waals surface area contributed by atoms with Gasteiger partial charge in [0.1, 0.15) is 11.5 Å². The van der Waals surface area contributed by atoms with E-state index in [0.29, 0.717) is 0 Å². The summed E-state index contributed by atoms with van der Waals surface area (Å²) in [5, 5.41) is 0. The molecule has 0 radical (unpaired) electrons. The summed E-state index contributed by atoms with van der Waals surface area (Å²) >= 11 is -5.22. The maximum absolute atomic E-state index is 9.92. The van der Waals surface area contributed by atoms with Gasteiger partial charge in [0, 0.05) is 0 Å². The lowest BCUT2D eigenvalue weighted by atomic mass is 12.0. The lowest BCUT2D eigenvalue weighted by molar-refractivity contribution is 0.493. The molecule has 0 aliphatic rings. The SMILES string of the molecule is C.C.CS(=O)[O-].O=S([O-])F. The highest BCUT2D eigenvalue weighted by Crippen LogP contribution is 1.61. The minimum absolute atomic E-state index is 0. The molecule has 0 aliphatic carbocycles. The van der Waals surface area contributed by atoms with E-state index in [1.807, 2.05) is 0 Å². The highest BCUT2D eigenvalue weighted by atomic mass is 32.2. The third-order valence-corrected chi connectivity index (χ3v) is 0. The van der Waals surface area contributed by atoms with Crippen LogP contribution in [0.25, 0.3) is 0 Å². The molecular formula is C3H11FO4S2-2. The van der Waals surface area contributed by atoms with Crippen molar-refractivity contribution in [3.8, 4) is 0 Å². The molecule has 68 valence electrons. The van der Waals surface area contributed by atoms with Crippen LogP contribution in [0.2, 0.25) is 0 Å². The van der Waals surface area contributed by atoms with Crippen LogP contribution in [0.15, 0.2) is 0 Å². The van der Waals surface area contributed by atoms with E-state index in [9.17, 15) is 3.89 Å². The molecule has 0 saturated carbocycles. The summed E-state index contributed by atoms with van der Waals surface area (Å²) in [5.74, 6) is 0. The monoisotopic (exact) mass is 194 g/mol. The highest BCUT2D eigenvalue weighted by molar-refractivity contribution is 7.78. The Morgan fingerprint density at radius 1 is 1.20 bits per heavy atom. The van der Waals surface area contributed by atoms with Gasteiger partial charge in [-0.25, -0.2) is 4.21 Å². The average molecular weight is 194 g/mol. The number of halogens is 1. The number of hydrogen-bond acceptors (Lipinski definition) is 4. The number of hydrogen-bond donors (Lipinski definition) is 0. The van der Waals surface area contributed by atoms with E-state index in [1.165, 1.54) is 0 Å². The summed E-state index contributed by atoms with van der Waals surface area (Å²) < 4.78 is 44.6. The van der Waals surface area contributed by atoms with E-state index < -0.39 is 22.5 Å². The molecule has 0 heterocycles. The zero-order valence-electron chi connectivity index (χ0n) is 3.83. The third-order valence-electron chi connectivity index (χ3n) is 0. The van der Waals surface area contributed by atoms with Crippen LogP contribution in [0.5, 0.6) is 0 Å². The maximum Gasteiger partial charge on any atom is 0.132 e. The molecule has 10 heavy (non-hydrogen) atoms. The zero-order valence-corrected chi connectivity index (χ0v) is 5.46. The van der Waals surface area contributed by atoms with Crippen molar-refractivity contribution in [3.63, 3.8) is 0 Å². The fourth-order valence-electron chi connectivity index (χ4n) is 0. The van der Waals surface area contributed by atoms with Gasteiger partial charge in [-0.2, -0.15) is 0 Å². The molecule has 0 saturated heterocycles. The van der Waals surface area contributed by atoms with Crippen molar-refractivity contribution in [1.82, 2.24) is 0 Å². The van der Waals surface area contributed by atoms with Crippen molar-refractivity contribution in [3.05, 3.63) is 0 Å². The van der Waals surface area contributed by atoms with E-state index in [-0.39, 0.29) is 14.9 Å². The minimum Gasteiger partial charge on any atom is -0.773 e. The Labute approximate surface area is 65.7 Å². The Hall–Kier alpha value is 0.150. The van der Waals surface area contributed by atoms with E-state index in [2.05, 4.69) is 0 Å². The van der Waals surface area contributed by atoms with Gasteiger partial charge in [-0.3, -0.25) is 4.21 Å². The van der Waals surface area contributed by atoms with Crippen molar-refractivity contribution in [2.75, 3.05) is 6.26 Å². The van der Waals surface area contributed by atoms with Crippen LogP contribution in [-0.2, 0) is 22.5 Å². The highest BCUT2D eigenvalue weighted by Gasteiger charge is 1.48. The van der Waals surface area contributed by atoms with Crippen LogP contribution < -0.4 is 0 Å². The molecule has 0 aromatic rings. The van der Waals surface area contributed by atoms with E-state index in [1.54, 1.807) is 0 Å². The quantitative estimate of drug-likeness (QED) is 0.416. The van der Waals surface area contributed by atoms with Gasteiger partial charge in [-0.15, -0.1) is 3.89 Å². The largest absolute Gasteiger partial charge is 0.773 e. The van der Waals surface area contributed by atoms with Gasteiger partial charge in [0.05, 0.1) is 0 Å².